The van der Waals surface area contributed by atoms with E-state index in [1.807, 2.05) is 18.2 Å². The molecule has 0 spiro atoms. The van der Waals surface area contributed by atoms with E-state index >= 15 is 0 Å². The number of hydrogen-bond donors (Lipinski definition) is 3. The average Bonchev–Trinajstić information content (AvgIpc) is 3.04. The molecule has 1 amide bonds. The summed E-state index contributed by atoms with van der Waals surface area (Å²) in [5.74, 6) is 2.20. The van der Waals surface area contributed by atoms with E-state index in [9.17, 15) is 18.0 Å². The van der Waals surface area contributed by atoms with Crippen molar-refractivity contribution in [3.8, 4) is 5.75 Å². The molecule has 4 aliphatic carbocycles. The number of nitrogens with one attached hydrogen (secondary N) is 3. The number of rotatable bonds is 8. The van der Waals surface area contributed by atoms with Crippen LogP contribution in [0.25, 0.3) is 0 Å². The fourth-order valence-corrected chi connectivity index (χ4v) is 9.40. The normalized spacial score (nSPS) is 26.8. The van der Waals surface area contributed by atoms with Gasteiger partial charge in [-0.05, 0) is 86.0 Å². The van der Waals surface area contributed by atoms with Gasteiger partial charge < -0.3 is 25.6 Å². The van der Waals surface area contributed by atoms with E-state index < -0.39 is 23.5 Å². The number of benzene rings is 2. The number of aromatic nitrogens is 2. The molecule has 2 heterocycles. The Balaban J connectivity index is 1.07. The zero-order chi connectivity index (χ0) is 33.8. The van der Waals surface area contributed by atoms with Crippen molar-refractivity contribution in [1.29, 1.82) is 0 Å². The molecule has 5 fully saturated rings. The topological polar surface area (TPSA) is 94.6 Å². The van der Waals surface area contributed by atoms with Gasteiger partial charge in [-0.1, -0.05) is 19.1 Å². The first-order valence-electron chi connectivity index (χ1n) is 16.9. The maximum Gasteiger partial charge on any atom is 0.421 e. The van der Waals surface area contributed by atoms with E-state index in [2.05, 4.69) is 42.6 Å². The summed E-state index contributed by atoms with van der Waals surface area (Å²) in [7, 11) is 3.03. The monoisotopic (exact) mass is 663 g/mol. The second-order valence-corrected chi connectivity index (χ2v) is 14.5. The van der Waals surface area contributed by atoms with Crippen LogP contribution in [-0.4, -0.2) is 67.2 Å². The molecule has 3 N–H and O–H groups in total. The minimum atomic E-state index is -4.73. The van der Waals surface area contributed by atoms with Crippen molar-refractivity contribution in [3.05, 3.63) is 59.3 Å². The van der Waals surface area contributed by atoms with Crippen LogP contribution in [0, 0.1) is 30.1 Å². The highest BCUT2D eigenvalue weighted by atomic mass is 19.4. The lowest BCUT2D eigenvalue weighted by Crippen LogP contribution is -2.62. The van der Waals surface area contributed by atoms with Gasteiger partial charge in [0.2, 0.25) is 5.95 Å². The minimum Gasteiger partial charge on any atom is -0.494 e. The molecular formula is C36H44F3N7O2. The molecule has 48 heavy (non-hydrogen) atoms. The van der Waals surface area contributed by atoms with Crippen LogP contribution in [0.5, 0.6) is 5.75 Å². The SMILES string of the molecule is CNC(=O)c1cccc(C)c1Nc1nc(Nc2ccc(N3CCN(C4C5CC6CC4CC(C)(C6)C5)CC3)cc2OC)ncc1C(F)(F)F. The fraction of sp³-hybridized carbons (Fsp3) is 0.528. The Kier molecular flexibility index (Phi) is 8.41. The Morgan fingerprint density at radius 2 is 1.75 bits per heavy atom. The van der Waals surface area contributed by atoms with Crippen molar-refractivity contribution in [2.75, 3.05) is 55.9 Å². The average molecular weight is 664 g/mol. The molecule has 2 atom stereocenters. The van der Waals surface area contributed by atoms with Gasteiger partial charge in [-0.15, -0.1) is 0 Å². The number of para-hydroxylation sites is 1. The van der Waals surface area contributed by atoms with Gasteiger partial charge in [0.15, 0.2) is 0 Å². The lowest BCUT2D eigenvalue weighted by molar-refractivity contribution is -0.137. The number of alkyl halides is 3. The number of anilines is 5. The summed E-state index contributed by atoms with van der Waals surface area (Å²) in [6.07, 6.45) is 3.04. The number of hydrogen-bond acceptors (Lipinski definition) is 8. The number of nitrogens with zero attached hydrogens (tertiary/aromatic N) is 4. The summed E-state index contributed by atoms with van der Waals surface area (Å²) in [6.45, 7) is 8.17. The van der Waals surface area contributed by atoms with Crippen molar-refractivity contribution < 1.29 is 22.7 Å². The molecule has 1 saturated heterocycles. The second-order valence-electron chi connectivity index (χ2n) is 14.5. The van der Waals surface area contributed by atoms with Crippen molar-refractivity contribution >= 4 is 34.7 Å². The maximum atomic E-state index is 14.0. The first-order valence-corrected chi connectivity index (χ1v) is 16.9. The van der Waals surface area contributed by atoms with E-state index in [4.69, 9.17) is 4.74 Å². The van der Waals surface area contributed by atoms with Gasteiger partial charge in [0.05, 0.1) is 24.0 Å². The summed E-state index contributed by atoms with van der Waals surface area (Å²) >= 11 is 0. The van der Waals surface area contributed by atoms with Gasteiger partial charge in [0.25, 0.3) is 5.91 Å². The summed E-state index contributed by atoms with van der Waals surface area (Å²) in [5, 5.41) is 8.34. The Morgan fingerprint density at radius 3 is 2.40 bits per heavy atom. The number of carbonyl (C=O) groups excluding carboxylic acids is 1. The molecule has 256 valence electrons. The molecule has 4 saturated carbocycles. The summed E-state index contributed by atoms with van der Waals surface area (Å²) < 4.78 is 47.9. The molecule has 9 nitrogen and oxygen atoms in total. The van der Waals surface area contributed by atoms with E-state index in [1.165, 1.54) is 45.2 Å². The number of halogens is 3. The van der Waals surface area contributed by atoms with Gasteiger partial charge >= 0.3 is 6.18 Å². The predicted molar refractivity (Wildman–Crippen MR) is 180 cm³/mol. The maximum absolute atomic E-state index is 14.0. The highest BCUT2D eigenvalue weighted by molar-refractivity contribution is 6.00. The Hall–Kier alpha value is -4.06. The number of aryl methyl sites for hydroxylation is 1. The molecule has 4 bridgehead atoms. The lowest BCUT2D eigenvalue weighted by Gasteiger charge is -2.62. The largest absolute Gasteiger partial charge is 0.494 e. The highest BCUT2D eigenvalue weighted by Crippen LogP contribution is 2.61. The number of methoxy groups -OCH3 is 1. The molecular weight excluding hydrogens is 619 g/mol. The Bertz CT molecular complexity index is 1670. The van der Waals surface area contributed by atoms with Crippen LogP contribution in [0.1, 0.15) is 60.5 Å². The zero-order valence-electron chi connectivity index (χ0n) is 28.0. The third kappa shape index (κ3) is 6.15. The van der Waals surface area contributed by atoms with Crippen LogP contribution in [0.15, 0.2) is 42.6 Å². The van der Waals surface area contributed by atoms with Gasteiger partial charge in [0, 0.05) is 57.2 Å². The number of piperazine rings is 1. The zero-order valence-corrected chi connectivity index (χ0v) is 28.0. The van der Waals surface area contributed by atoms with Crippen LogP contribution in [0.3, 0.4) is 0 Å². The molecule has 3 aromatic rings. The molecule has 8 rings (SSSR count). The summed E-state index contributed by atoms with van der Waals surface area (Å²) in [5.41, 5.74) is 2.09. The first kappa shape index (κ1) is 32.5. The molecule has 5 aliphatic rings. The van der Waals surface area contributed by atoms with Crippen LogP contribution in [0.4, 0.5) is 42.0 Å². The van der Waals surface area contributed by atoms with Gasteiger partial charge in [-0.25, -0.2) is 4.98 Å². The fourth-order valence-electron chi connectivity index (χ4n) is 9.40. The van der Waals surface area contributed by atoms with Crippen molar-refractivity contribution in [2.45, 2.75) is 58.2 Å². The first-order chi connectivity index (χ1) is 22.9. The Morgan fingerprint density at radius 1 is 1.02 bits per heavy atom. The molecule has 2 unspecified atom stereocenters. The summed E-state index contributed by atoms with van der Waals surface area (Å²) in [4.78, 5) is 25.8. The third-order valence-corrected chi connectivity index (χ3v) is 11.1. The van der Waals surface area contributed by atoms with Crippen molar-refractivity contribution in [1.82, 2.24) is 20.2 Å². The van der Waals surface area contributed by atoms with Gasteiger partial charge in [-0.2, -0.15) is 18.2 Å². The molecule has 2 aromatic carbocycles. The third-order valence-electron chi connectivity index (χ3n) is 11.1. The predicted octanol–water partition coefficient (Wildman–Crippen LogP) is 7.00. The van der Waals surface area contributed by atoms with Crippen LogP contribution >= 0.6 is 0 Å². The number of carbonyl (C=O) groups is 1. The van der Waals surface area contributed by atoms with Gasteiger partial charge in [-0.3, -0.25) is 9.69 Å². The van der Waals surface area contributed by atoms with Crippen LogP contribution in [-0.2, 0) is 6.18 Å². The smallest absolute Gasteiger partial charge is 0.421 e. The second kappa shape index (κ2) is 12.4. The van der Waals surface area contributed by atoms with Gasteiger partial charge in [0.1, 0.15) is 17.1 Å². The highest BCUT2D eigenvalue weighted by Gasteiger charge is 2.54. The summed E-state index contributed by atoms with van der Waals surface area (Å²) in [6, 6.07) is 11.4. The number of amides is 1. The minimum absolute atomic E-state index is 0.0511. The number of ether oxygens (including phenoxy) is 1. The molecule has 0 radical (unpaired) electrons. The standard InChI is InChI=1S/C36H44F3N7O2/c1-21-6-5-7-26(33(47)40-3)30(21)43-32-27(36(37,38)39)20-41-34(44-32)42-28-9-8-25(16-29(28)48-4)45-10-12-46(13-11-45)31-23-14-22-15-24(31)19-35(2,17-22)18-23/h5-9,16,20,22-24,31H,10-15,17-19H2,1-4H3,(H,40,47)(H2,41,42,43,44). The van der Waals surface area contributed by atoms with E-state index in [1.54, 1.807) is 26.2 Å². The van der Waals surface area contributed by atoms with Crippen molar-refractivity contribution in [3.63, 3.8) is 0 Å². The van der Waals surface area contributed by atoms with E-state index in [0.29, 0.717) is 22.4 Å². The molecule has 1 aromatic heterocycles. The quantitative estimate of drug-likeness (QED) is 0.237. The van der Waals surface area contributed by atoms with Crippen LogP contribution in [0.2, 0.25) is 0 Å². The van der Waals surface area contributed by atoms with Crippen LogP contribution < -0.4 is 25.6 Å². The molecule has 12 heteroatoms. The lowest BCUT2D eigenvalue weighted by atomic mass is 9.48. The van der Waals surface area contributed by atoms with Crippen molar-refractivity contribution in [2.24, 2.45) is 23.2 Å². The van der Waals surface area contributed by atoms with E-state index in [0.717, 1.165) is 61.9 Å². The molecule has 1 aliphatic heterocycles. The Labute approximate surface area is 279 Å². The van der Waals surface area contributed by atoms with E-state index in [-0.39, 0.29) is 17.2 Å².